The van der Waals surface area contributed by atoms with Gasteiger partial charge >= 0.3 is 0 Å². The zero-order valence-corrected chi connectivity index (χ0v) is 29.3. The van der Waals surface area contributed by atoms with Gasteiger partial charge in [-0.1, -0.05) is 182 Å². The van der Waals surface area contributed by atoms with E-state index in [9.17, 15) is 0 Å². The Kier molecular flexibility index (Phi) is 8.66. The van der Waals surface area contributed by atoms with E-state index in [1.807, 2.05) is 0 Å². The molecule has 0 amide bonds. The third kappa shape index (κ3) is 6.53. The summed E-state index contributed by atoms with van der Waals surface area (Å²) in [5, 5.41) is 2.50. The van der Waals surface area contributed by atoms with Crippen LogP contribution in [0.1, 0.15) is 0 Å². The molecule has 0 saturated heterocycles. The van der Waals surface area contributed by atoms with E-state index in [2.05, 4.69) is 229 Å². The summed E-state index contributed by atoms with van der Waals surface area (Å²) >= 11 is 0. The number of fused-ring (bicyclic) bond motifs is 1. The molecule has 0 aliphatic rings. The largest absolute Gasteiger partial charge is 0.310 e. The maximum Gasteiger partial charge on any atom is 0.0540 e. The highest BCUT2D eigenvalue weighted by molar-refractivity contribution is 5.98. The highest BCUT2D eigenvalue weighted by Gasteiger charge is 2.19. The molecule has 0 N–H and O–H groups in total. The van der Waals surface area contributed by atoms with E-state index in [0.29, 0.717) is 0 Å². The predicted octanol–water partition coefficient (Wildman–Crippen LogP) is 14.6. The fourth-order valence-electron chi connectivity index (χ4n) is 7.44. The minimum Gasteiger partial charge on any atom is -0.310 e. The van der Waals surface area contributed by atoms with Gasteiger partial charge in [-0.3, -0.25) is 0 Å². The quantitative estimate of drug-likeness (QED) is 0.155. The van der Waals surface area contributed by atoms with Gasteiger partial charge in [0.1, 0.15) is 0 Å². The molecule has 0 aliphatic carbocycles. The molecular weight excluding hydrogens is 639 g/mol. The van der Waals surface area contributed by atoms with E-state index in [0.717, 1.165) is 17.1 Å². The van der Waals surface area contributed by atoms with Gasteiger partial charge in [-0.15, -0.1) is 0 Å². The first-order chi connectivity index (χ1) is 26.3. The Balaban J connectivity index is 1.18. The van der Waals surface area contributed by atoms with Crippen LogP contribution in [0.15, 0.2) is 224 Å². The van der Waals surface area contributed by atoms with Crippen LogP contribution in [0.2, 0.25) is 0 Å². The second-order valence-electron chi connectivity index (χ2n) is 13.4. The third-order valence-corrected chi connectivity index (χ3v) is 10.1. The van der Waals surface area contributed by atoms with Gasteiger partial charge in [0.05, 0.1) is 5.69 Å². The SMILES string of the molecule is c1ccc(-c2ccc(N(c3cccc(-c4cccc(-c5ccccc5)c4)c3)c3ccccc3-c3cccc(-c4cccc5ccccc45)c3)cc2)cc1. The van der Waals surface area contributed by atoms with Crippen LogP contribution in [0.4, 0.5) is 17.1 Å². The molecule has 0 spiro atoms. The van der Waals surface area contributed by atoms with Gasteiger partial charge in [0.15, 0.2) is 0 Å². The van der Waals surface area contributed by atoms with Crippen LogP contribution < -0.4 is 4.90 Å². The van der Waals surface area contributed by atoms with Crippen molar-refractivity contribution in [2.75, 3.05) is 4.90 Å². The standard InChI is InChI=1S/C52H37N/c1-3-15-38(16-4-1)40-31-33-47(34-32-40)53(48-26-13-23-44(37-48)43-22-11-21-42(35-43)39-17-5-2-6-18-39)52-30-10-9-28-51(52)46-25-12-24-45(36-46)50-29-14-20-41-19-7-8-27-49(41)50/h1-37H. The van der Waals surface area contributed by atoms with Crippen LogP contribution in [0.3, 0.4) is 0 Å². The van der Waals surface area contributed by atoms with Crippen LogP contribution in [-0.2, 0) is 0 Å². The van der Waals surface area contributed by atoms with Crippen molar-refractivity contribution in [3.05, 3.63) is 224 Å². The molecule has 0 unspecified atom stereocenters. The van der Waals surface area contributed by atoms with Crippen molar-refractivity contribution in [2.24, 2.45) is 0 Å². The Morgan fingerprint density at radius 1 is 0.245 bits per heavy atom. The molecule has 0 heterocycles. The maximum absolute atomic E-state index is 2.40. The number of benzene rings is 9. The van der Waals surface area contributed by atoms with E-state index < -0.39 is 0 Å². The minimum absolute atomic E-state index is 1.09. The minimum atomic E-state index is 1.09. The van der Waals surface area contributed by atoms with Gasteiger partial charge in [0.2, 0.25) is 0 Å². The van der Waals surface area contributed by atoms with E-state index in [1.54, 1.807) is 0 Å². The summed E-state index contributed by atoms with van der Waals surface area (Å²) < 4.78 is 0. The number of hydrogen-bond donors (Lipinski definition) is 0. The van der Waals surface area contributed by atoms with Gasteiger partial charge < -0.3 is 4.90 Å². The summed E-state index contributed by atoms with van der Waals surface area (Å²) in [6.45, 7) is 0. The molecule has 0 aliphatic heterocycles. The zero-order chi connectivity index (χ0) is 35.4. The summed E-state index contributed by atoms with van der Waals surface area (Å²) in [5.74, 6) is 0. The molecule has 0 aromatic heterocycles. The second kappa shape index (κ2) is 14.3. The topological polar surface area (TPSA) is 3.24 Å². The number of hydrogen-bond acceptors (Lipinski definition) is 1. The van der Waals surface area contributed by atoms with E-state index in [1.165, 1.54) is 66.4 Å². The van der Waals surface area contributed by atoms with E-state index in [-0.39, 0.29) is 0 Å². The second-order valence-corrected chi connectivity index (χ2v) is 13.4. The molecular formula is C52H37N. The molecule has 0 radical (unpaired) electrons. The van der Waals surface area contributed by atoms with Crippen molar-refractivity contribution in [1.29, 1.82) is 0 Å². The lowest BCUT2D eigenvalue weighted by atomic mass is 9.94. The average Bonchev–Trinajstić information content (AvgIpc) is 3.25. The molecule has 1 heteroatoms. The zero-order valence-electron chi connectivity index (χ0n) is 29.3. The van der Waals surface area contributed by atoms with Crippen LogP contribution in [0, 0.1) is 0 Å². The lowest BCUT2D eigenvalue weighted by molar-refractivity contribution is 1.28. The van der Waals surface area contributed by atoms with Gasteiger partial charge in [-0.2, -0.15) is 0 Å². The fraction of sp³-hybridized carbons (Fsp3) is 0. The molecule has 250 valence electrons. The molecule has 1 nitrogen and oxygen atoms in total. The molecule has 0 saturated carbocycles. The summed E-state index contributed by atoms with van der Waals surface area (Å²) in [7, 11) is 0. The van der Waals surface area contributed by atoms with Crippen molar-refractivity contribution >= 4 is 27.8 Å². The molecule has 53 heavy (non-hydrogen) atoms. The highest BCUT2D eigenvalue weighted by Crippen LogP contribution is 2.43. The molecule has 0 atom stereocenters. The lowest BCUT2D eigenvalue weighted by Crippen LogP contribution is -2.11. The van der Waals surface area contributed by atoms with Crippen molar-refractivity contribution < 1.29 is 0 Å². The molecule has 0 bridgehead atoms. The van der Waals surface area contributed by atoms with Gasteiger partial charge in [0.25, 0.3) is 0 Å². The number of anilines is 3. The van der Waals surface area contributed by atoms with Gasteiger partial charge in [0, 0.05) is 16.9 Å². The van der Waals surface area contributed by atoms with Gasteiger partial charge in [-0.25, -0.2) is 0 Å². The Hall–Kier alpha value is -6.96. The lowest BCUT2D eigenvalue weighted by Gasteiger charge is -2.28. The summed E-state index contributed by atoms with van der Waals surface area (Å²) in [6.07, 6.45) is 0. The van der Waals surface area contributed by atoms with Crippen molar-refractivity contribution in [2.45, 2.75) is 0 Å². The first-order valence-corrected chi connectivity index (χ1v) is 18.2. The first-order valence-electron chi connectivity index (χ1n) is 18.2. The highest BCUT2D eigenvalue weighted by atomic mass is 15.1. The smallest absolute Gasteiger partial charge is 0.0540 e. The third-order valence-electron chi connectivity index (χ3n) is 10.1. The van der Waals surface area contributed by atoms with Gasteiger partial charge in [-0.05, 0) is 103 Å². The first kappa shape index (κ1) is 32.0. The predicted molar refractivity (Wildman–Crippen MR) is 226 cm³/mol. The normalized spacial score (nSPS) is 11.0. The molecule has 9 aromatic carbocycles. The average molecular weight is 676 g/mol. The van der Waals surface area contributed by atoms with Crippen LogP contribution >= 0.6 is 0 Å². The monoisotopic (exact) mass is 675 g/mol. The van der Waals surface area contributed by atoms with Crippen molar-refractivity contribution in [3.8, 4) is 55.6 Å². The Labute approximate surface area is 311 Å². The summed E-state index contributed by atoms with van der Waals surface area (Å²) in [4.78, 5) is 2.40. The molecule has 0 fully saturated rings. The summed E-state index contributed by atoms with van der Waals surface area (Å²) in [5.41, 5.74) is 15.2. The number of rotatable bonds is 8. The Morgan fingerprint density at radius 3 is 1.45 bits per heavy atom. The van der Waals surface area contributed by atoms with Crippen LogP contribution in [0.5, 0.6) is 0 Å². The number of nitrogens with zero attached hydrogens (tertiary/aromatic N) is 1. The van der Waals surface area contributed by atoms with E-state index in [4.69, 9.17) is 0 Å². The molecule has 9 rings (SSSR count). The van der Waals surface area contributed by atoms with E-state index >= 15 is 0 Å². The summed E-state index contributed by atoms with van der Waals surface area (Å²) in [6, 6.07) is 80.8. The maximum atomic E-state index is 2.40. The van der Waals surface area contributed by atoms with Crippen LogP contribution in [-0.4, -0.2) is 0 Å². The Bertz CT molecular complexity index is 2650. The Morgan fingerprint density at radius 2 is 0.698 bits per heavy atom. The fourth-order valence-corrected chi connectivity index (χ4v) is 7.44. The van der Waals surface area contributed by atoms with Crippen molar-refractivity contribution in [3.63, 3.8) is 0 Å². The number of para-hydroxylation sites is 1. The van der Waals surface area contributed by atoms with Crippen molar-refractivity contribution in [1.82, 2.24) is 0 Å². The van der Waals surface area contributed by atoms with Crippen LogP contribution in [0.25, 0.3) is 66.4 Å². The molecule has 9 aromatic rings.